The molecule has 0 amide bonds. The number of hydrogen-bond donors (Lipinski definition) is 0. The average Bonchev–Trinajstić information content (AvgIpc) is 2.47. The third kappa shape index (κ3) is 0.953. The van der Waals surface area contributed by atoms with Gasteiger partial charge in [0.25, 0.3) is 0 Å². The molecule has 2 saturated heterocycles. The van der Waals surface area contributed by atoms with Crippen molar-refractivity contribution in [3.63, 3.8) is 0 Å². The van der Waals surface area contributed by atoms with Crippen molar-refractivity contribution < 1.29 is 9.53 Å². The Bertz CT molecular complexity index is 292. The van der Waals surface area contributed by atoms with Crippen LogP contribution in [-0.2, 0) is 9.53 Å². The number of Topliss-reactive ketones (excluding diaryl/α,β-unsaturated/α-hetero) is 1. The summed E-state index contributed by atoms with van der Waals surface area (Å²) in [6, 6.07) is 0. The maximum Gasteiger partial charge on any atom is 0.162 e. The predicted octanol–water partition coefficient (Wildman–Crippen LogP) is 1.99. The largest absolute Gasteiger partial charge is 0.359 e. The molecule has 1 spiro atoms. The molecule has 0 aromatic carbocycles. The molecule has 0 aromatic rings. The number of rotatable bonds is 0. The van der Waals surface area contributed by atoms with Crippen molar-refractivity contribution in [2.45, 2.75) is 50.2 Å². The van der Waals surface area contributed by atoms with Crippen LogP contribution in [-0.4, -0.2) is 17.5 Å². The van der Waals surface area contributed by atoms with Crippen LogP contribution in [0.1, 0.15) is 38.5 Å². The number of carbonyl (C=O) groups excluding carboxylic acids is 1. The van der Waals surface area contributed by atoms with Gasteiger partial charge in [0.1, 0.15) is 6.10 Å². The van der Waals surface area contributed by atoms with Crippen molar-refractivity contribution in [2.75, 3.05) is 0 Å². The number of ketones is 1. The number of ether oxygens (including phenoxy) is 1. The van der Waals surface area contributed by atoms with Gasteiger partial charge in [-0.05, 0) is 31.3 Å². The third-order valence-corrected chi connectivity index (χ3v) is 3.67. The normalized spacial score (nSPS) is 42.9. The standard InChI is InChI=1S/C11H14O2/c12-9-4-6-11-5-2-1-3-8(11)7-10(9)13-11/h3,10H,1-2,4-7H2/t10-,11-/m1/s1. The highest BCUT2D eigenvalue weighted by Gasteiger charge is 2.50. The van der Waals surface area contributed by atoms with Gasteiger partial charge in [-0.3, -0.25) is 4.79 Å². The monoisotopic (exact) mass is 178 g/mol. The fourth-order valence-electron chi connectivity index (χ4n) is 2.94. The van der Waals surface area contributed by atoms with E-state index >= 15 is 0 Å². The van der Waals surface area contributed by atoms with Crippen molar-refractivity contribution in [3.8, 4) is 0 Å². The molecule has 0 saturated carbocycles. The molecule has 2 aliphatic heterocycles. The van der Waals surface area contributed by atoms with Crippen LogP contribution < -0.4 is 0 Å². The maximum atomic E-state index is 11.4. The topological polar surface area (TPSA) is 26.3 Å². The zero-order valence-corrected chi connectivity index (χ0v) is 7.71. The van der Waals surface area contributed by atoms with Gasteiger partial charge in [0.05, 0.1) is 5.60 Å². The van der Waals surface area contributed by atoms with Gasteiger partial charge in [0, 0.05) is 12.8 Å². The van der Waals surface area contributed by atoms with E-state index in [9.17, 15) is 4.79 Å². The van der Waals surface area contributed by atoms with Crippen LogP contribution in [0.25, 0.3) is 0 Å². The zero-order valence-electron chi connectivity index (χ0n) is 7.71. The molecule has 2 heteroatoms. The van der Waals surface area contributed by atoms with Crippen LogP contribution in [0, 0.1) is 0 Å². The van der Waals surface area contributed by atoms with E-state index in [-0.39, 0.29) is 11.7 Å². The lowest BCUT2D eigenvalue weighted by molar-refractivity contribution is -0.144. The summed E-state index contributed by atoms with van der Waals surface area (Å²) in [5.74, 6) is 0.320. The smallest absolute Gasteiger partial charge is 0.162 e. The molecule has 13 heavy (non-hydrogen) atoms. The summed E-state index contributed by atoms with van der Waals surface area (Å²) in [6.07, 6.45) is 8.34. The molecular weight excluding hydrogens is 164 g/mol. The molecule has 3 rings (SSSR count). The lowest BCUT2D eigenvalue weighted by Crippen LogP contribution is -2.39. The van der Waals surface area contributed by atoms with E-state index in [0.717, 1.165) is 25.7 Å². The second kappa shape index (κ2) is 2.44. The van der Waals surface area contributed by atoms with Crippen LogP contribution >= 0.6 is 0 Å². The molecule has 2 atom stereocenters. The van der Waals surface area contributed by atoms with E-state index in [1.165, 1.54) is 18.4 Å². The fourth-order valence-corrected chi connectivity index (χ4v) is 2.94. The summed E-state index contributed by atoms with van der Waals surface area (Å²) in [5, 5.41) is 0. The van der Waals surface area contributed by atoms with Gasteiger partial charge in [0.2, 0.25) is 0 Å². The van der Waals surface area contributed by atoms with E-state index in [1.54, 1.807) is 0 Å². The lowest BCUT2D eigenvalue weighted by atomic mass is 9.81. The maximum absolute atomic E-state index is 11.4. The van der Waals surface area contributed by atoms with Gasteiger partial charge in [-0.15, -0.1) is 0 Å². The lowest BCUT2D eigenvalue weighted by Gasteiger charge is -2.35. The minimum absolute atomic E-state index is 0.0107. The molecule has 0 aromatic heterocycles. The van der Waals surface area contributed by atoms with Crippen molar-refractivity contribution in [3.05, 3.63) is 11.6 Å². The summed E-state index contributed by atoms with van der Waals surface area (Å²) in [5.41, 5.74) is 1.44. The Balaban J connectivity index is 2.01. The van der Waals surface area contributed by atoms with Gasteiger partial charge in [-0.25, -0.2) is 0 Å². The molecule has 2 fully saturated rings. The first-order valence-corrected chi connectivity index (χ1v) is 5.20. The van der Waals surface area contributed by atoms with Gasteiger partial charge in [0.15, 0.2) is 5.78 Å². The van der Waals surface area contributed by atoms with Gasteiger partial charge >= 0.3 is 0 Å². The van der Waals surface area contributed by atoms with E-state index in [1.807, 2.05) is 0 Å². The van der Waals surface area contributed by atoms with Gasteiger partial charge in [-0.1, -0.05) is 6.08 Å². The van der Waals surface area contributed by atoms with E-state index in [2.05, 4.69) is 6.08 Å². The van der Waals surface area contributed by atoms with Crippen LogP contribution in [0.15, 0.2) is 11.6 Å². The van der Waals surface area contributed by atoms with Crippen molar-refractivity contribution in [2.24, 2.45) is 0 Å². The number of allylic oxidation sites excluding steroid dienone is 1. The molecule has 2 bridgehead atoms. The SMILES string of the molecule is O=C1CC[C@]23CCCC=C2C[C@H]1O3. The first-order chi connectivity index (χ1) is 6.30. The number of fused-ring (bicyclic) bond motifs is 1. The summed E-state index contributed by atoms with van der Waals surface area (Å²) in [4.78, 5) is 11.4. The molecule has 0 N–H and O–H groups in total. The van der Waals surface area contributed by atoms with Gasteiger partial charge < -0.3 is 4.74 Å². The summed E-state index contributed by atoms with van der Waals surface area (Å²) < 4.78 is 5.88. The van der Waals surface area contributed by atoms with Crippen LogP contribution in [0.3, 0.4) is 0 Å². The molecule has 0 radical (unpaired) electrons. The quantitative estimate of drug-likeness (QED) is 0.530. The van der Waals surface area contributed by atoms with Crippen LogP contribution in [0.2, 0.25) is 0 Å². The first-order valence-electron chi connectivity index (χ1n) is 5.20. The van der Waals surface area contributed by atoms with Crippen LogP contribution in [0.5, 0.6) is 0 Å². The van der Waals surface area contributed by atoms with Crippen molar-refractivity contribution >= 4 is 5.78 Å². The highest BCUT2D eigenvalue weighted by Crippen LogP contribution is 2.48. The predicted molar refractivity (Wildman–Crippen MR) is 48.4 cm³/mol. The zero-order chi connectivity index (χ0) is 8.89. The Morgan fingerprint density at radius 2 is 2.38 bits per heavy atom. The summed E-state index contributed by atoms with van der Waals surface area (Å²) in [7, 11) is 0. The Morgan fingerprint density at radius 1 is 1.46 bits per heavy atom. The Hall–Kier alpha value is -0.630. The highest BCUT2D eigenvalue weighted by molar-refractivity contribution is 5.85. The van der Waals surface area contributed by atoms with E-state index in [0.29, 0.717) is 5.78 Å². The molecule has 2 nitrogen and oxygen atoms in total. The molecule has 70 valence electrons. The van der Waals surface area contributed by atoms with Crippen molar-refractivity contribution in [1.29, 1.82) is 0 Å². The molecule has 1 aliphatic carbocycles. The Morgan fingerprint density at radius 3 is 3.31 bits per heavy atom. The van der Waals surface area contributed by atoms with E-state index in [4.69, 9.17) is 4.74 Å². The molecule has 3 aliphatic rings. The Kier molecular flexibility index (Phi) is 1.46. The summed E-state index contributed by atoms with van der Waals surface area (Å²) in [6.45, 7) is 0. The highest BCUT2D eigenvalue weighted by atomic mass is 16.5. The summed E-state index contributed by atoms with van der Waals surface area (Å²) >= 11 is 0. The molecular formula is C11H14O2. The minimum Gasteiger partial charge on any atom is -0.359 e. The third-order valence-electron chi connectivity index (χ3n) is 3.67. The second-order valence-corrected chi connectivity index (χ2v) is 4.39. The second-order valence-electron chi connectivity index (χ2n) is 4.39. The van der Waals surface area contributed by atoms with E-state index < -0.39 is 0 Å². The minimum atomic E-state index is -0.0851. The van der Waals surface area contributed by atoms with Crippen molar-refractivity contribution in [1.82, 2.24) is 0 Å². The number of carbonyl (C=O) groups is 1. The Labute approximate surface area is 78.0 Å². The van der Waals surface area contributed by atoms with Crippen LogP contribution in [0.4, 0.5) is 0 Å². The average molecular weight is 178 g/mol. The molecule has 0 unspecified atom stereocenters. The fraction of sp³-hybridized carbons (Fsp3) is 0.727. The number of hydrogen-bond acceptors (Lipinski definition) is 2. The molecule has 2 heterocycles. The first kappa shape index (κ1) is 7.74. The van der Waals surface area contributed by atoms with Gasteiger partial charge in [-0.2, -0.15) is 0 Å².